The molecule has 0 aliphatic heterocycles. The zero-order valence-electron chi connectivity index (χ0n) is 34.3. The van der Waals surface area contributed by atoms with E-state index in [0.29, 0.717) is 0 Å². The summed E-state index contributed by atoms with van der Waals surface area (Å²) >= 11 is 5.75. The summed E-state index contributed by atoms with van der Waals surface area (Å²) in [6.45, 7) is 8.35. The molecule has 0 N–H and O–H groups in total. The van der Waals surface area contributed by atoms with Gasteiger partial charge in [0, 0.05) is 10.4 Å². The first kappa shape index (κ1) is 46.0. The highest BCUT2D eigenvalue weighted by molar-refractivity contribution is 7.81. The summed E-state index contributed by atoms with van der Waals surface area (Å²) in [4.78, 5) is 0.845. The van der Waals surface area contributed by atoms with Crippen LogP contribution in [0.4, 0.5) is 0 Å². The van der Waals surface area contributed by atoms with E-state index in [4.69, 9.17) is 21.7 Å². The van der Waals surface area contributed by atoms with Crippen LogP contribution in [0.5, 0.6) is 11.5 Å². The lowest BCUT2D eigenvalue weighted by atomic mass is 10.00. The number of hydrogen-bond donors (Lipinski definition) is 0. The molecule has 0 saturated carbocycles. The Hall–Kier alpha value is -2.13. The van der Waals surface area contributed by atoms with Crippen LogP contribution in [0, 0.1) is 0 Å². The Kier molecular flexibility index (Phi) is 29.6. The fourth-order valence-corrected chi connectivity index (χ4v) is 7.29. The second-order valence-electron chi connectivity index (χ2n) is 15.3. The first-order valence-electron chi connectivity index (χ1n) is 22.4. The molecule has 0 radical (unpaired) electrons. The van der Waals surface area contributed by atoms with Gasteiger partial charge in [-0.2, -0.15) is 0 Å². The van der Waals surface area contributed by atoms with Crippen molar-refractivity contribution in [2.75, 3.05) is 13.2 Å². The van der Waals surface area contributed by atoms with Gasteiger partial charge in [0.1, 0.15) is 11.5 Å². The minimum absolute atomic E-state index is 0.762. The van der Waals surface area contributed by atoms with Crippen molar-refractivity contribution in [1.29, 1.82) is 0 Å². The molecule has 0 fully saturated rings. The second kappa shape index (κ2) is 33.4. The Morgan fingerprint density at radius 3 is 1.25 bits per heavy atom. The van der Waals surface area contributed by atoms with Crippen LogP contribution >= 0.6 is 12.2 Å². The third-order valence-corrected chi connectivity index (χ3v) is 10.8. The highest BCUT2D eigenvalue weighted by Gasteiger charge is 2.14. The molecular weight excluding hydrogens is 653 g/mol. The lowest BCUT2D eigenvalue weighted by molar-refractivity contribution is 0.284. The summed E-state index contributed by atoms with van der Waals surface area (Å²) in [7, 11) is 0. The number of unbranched alkanes of at least 4 members (excludes halogenated alkanes) is 25. The molecular formula is C49H80O2S. The van der Waals surface area contributed by atoms with Gasteiger partial charge < -0.3 is 9.47 Å². The minimum atomic E-state index is 0.762. The van der Waals surface area contributed by atoms with E-state index in [1.165, 1.54) is 173 Å². The molecule has 0 aromatic heterocycles. The maximum Gasteiger partial charge on any atom is 0.126 e. The summed E-state index contributed by atoms with van der Waals surface area (Å²) in [5, 5.41) is 0. The number of hydrogen-bond acceptors (Lipinski definition) is 3. The van der Waals surface area contributed by atoms with Crippen LogP contribution in [0.1, 0.15) is 217 Å². The van der Waals surface area contributed by atoms with Crippen LogP contribution in [0.3, 0.4) is 0 Å². The van der Waals surface area contributed by atoms with Gasteiger partial charge in [-0.25, -0.2) is 0 Å². The van der Waals surface area contributed by atoms with E-state index in [-0.39, 0.29) is 0 Å². The van der Waals surface area contributed by atoms with E-state index in [1.54, 1.807) is 0 Å². The fourth-order valence-electron chi connectivity index (χ4n) is 7.09. The average Bonchev–Trinajstić information content (AvgIpc) is 3.17. The molecule has 0 heterocycles. The first-order valence-corrected chi connectivity index (χ1v) is 22.8. The Morgan fingerprint density at radius 2 is 0.846 bits per heavy atom. The summed E-state index contributed by atoms with van der Waals surface area (Å²) in [6.07, 6.45) is 43.0. The van der Waals surface area contributed by atoms with Crippen molar-refractivity contribution in [2.45, 2.75) is 207 Å². The lowest BCUT2D eigenvalue weighted by Crippen LogP contribution is -2.06. The zero-order chi connectivity index (χ0) is 37.2. The molecule has 0 aliphatic carbocycles. The van der Waals surface area contributed by atoms with E-state index in [9.17, 15) is 0 Å². The fraction of sp³-hybridized carbons (Fsp3) is 0.694. The van der Waals surface area contributed by atoms with Crippen molar-refractivity contribution < 1.29 is 9.47 Å². The number of ether oxygens (including phenoxy) is 2. The Labute approximate surface area is 328 Å². The van der Waals surface area contributed by atoms with Crippen molar-refractivity contribution in [3.8, 4) is 11.5 Å². The van der Waals surface area contributed by atoms with E-state index < -0.39 is 0 Å². The maximum atomic E-state index is 6.55. The number of rotatable bonds is 36. The van der Waals surface area contributed by atoms with E-state index >= 15 is 0 Å². The number of thiocarbonyl (C=S) groups is 1. The SMILES string of the molecule is CCCCCCCCCCCCCCCCCCCCCCc1c(OCCCCCC)cc(C=CC(=S)c2ccccc2)cc1OCCCCCC. The molecule has 0 bridgehead atoms. The predicted octanol–water partition coefficient (Wildman–Crippen LogP) is 16.4. The molecule has 0 spiro atoms. The smallest absolute Gasteiger partial charge is 0.126 e. The van der Waals surface area contributed by atoms with E-state index in [0.717, 1.165) is 60.0 Å². The maximum absolute atomic E-state index is 6.55. The number of allylic oxidation sites excluding steroid dienone is 1. The van der Waals surface area contributed by atoms with Gasteiger partial charge in [0.15, 0.2) is 0 Å². The van der Waals surface area contributed by atoms with Gasteiger partial charge in [-0.1, -0.05) is 230 Å². The molecule has 294 valence electrons. The quantitative estimate of drug-likeness (QED) is 0.0301. The topological polar surface area (TPSA) is 18.5 Å². The molecule has 2 nitrogen and oxygen atoms in total. The second-order valence-corrected chi connectivity index (χ2v) is 15.8. The molecule has 3 heteroatoms. The summed E-state index contributed by atoms with van der Waals surface area (Å²) in [5.41, 5.74) is 3.43. The van der Waals surface area contributed by atoms with Crippen molar-refractivity contribution in [3.63, 3.8) is 0 Å². The Bertz CT molecular complexity index is 1100. The third-order valence-electron chi connectivity index (χ3n) is 10.5. The summed E-state index contributed by atoms with van der Waals surface area (Å²) < 4.78 is 13.1. The van der Waals surface area contributed by atoms with Gasteiger partial charge in [0.05, 0.1) is 13.2 Å². The van der Waals surface area contributed by atoms with Gasteiger partial charge in [-0.15, -0.1) is 0 Å². The van der Waals surface area contributed by atoms with Crippen molar-refractivity contribution in [2.24, 2.45) is 0 Å². The molecule has 0 atom stereocenters. The van der Waals surface area contributed by atoms with E-state index in [1.807, 2.05) is 18.2 Å². The van der Waals surface area contributed by atoms with Gasteiger partial charge in [0.25, 0.3) is 0 Å². The van der Waals surface area contributed by atoms with Gasteiger partial charge in [-0.05, 0) is 55.0 Å². The molecule has 0 saturated heterocycles. The number of benzene rings is 2. The average molecular weight is 733 g/mol. The molecule has 0 aliphatic rings. The molecule has 2 aromatic rings. The molecule has 52 heavy (non-hydrogen) atoms. The normalized spacial score (nSPS) is 11.4. The third kappa shape index (κ3) is 23.5. The molecule has 0 amide bonds. The summed E-state index contributed by atoms with van der Waals surface area (Å²) in [5.74, 6) is 2.01. The highest BCUT2D eigenvalue weighted by Crippen LogP contribution is 2.34. The minimum Gasteiger partial charge on any atom is -0.493 e. The Morgan fingerprint density at radius 1 is 0.481 bits per heavy atom. The van der Waals surface area contributed by atoms with Crippen LogP contribution < -0.4 is 9.47 Å². The van der Waals surface area contributed by atoms with Gasteiger partial charge >= 0.3 is 0 Å². The predicted molar refractivity (Wildman–Crippen MR) is 235 cm³/mol. The largest absolute Gasteiger partial charge is 0.493 e. The van der Waals surface area contributed by atoms with Crippen molar-refractivity contribution >= 4 is 23.2 Å². The molecule has 0 unspecified atom stereocenters. The van der Waals surface area contributed by atoms with Crippen LogP contribution in [-0.2, 0) is 6.42 Å². The van der Waals surface area contributed by atoms with Crippen molar-refractivity contribution in [3.05, 3.63) is 65.2 Å². The van der Waals surface area contributed by atoms with Crippen molar-refractivity contribution in [1.82, 2.24) is 0 Å². The molecule has 2 rings (SSSR count). The molecule has 2 aromatic carbocycles. The summed E-state index contributed by atoms with van der Waals surface area (Å²) in [6, 6.07) is 14.7. The van der Waals surface area contributed by atoms with Crippen LogP contribution in [0.2, 0.25) is 0 Å². The highest BCUT2D eigenvalue weighted by atomic mass is 32.1. The zero-order valence-corrected chi connectivity index (χ0v) is 35.2. The van der Waals surface area contributed by atoms with Gasteiger partial charge in [0.2, 0.25) is 0 Å². The Balaban J connectivity index is 1.80. The monoisotopic (exact) mass is 733 g/mol. The van der Waals surface area contributed by atoms with Crippen LogP contribution in [-0.4, -0.2) is 18.1 Å². The standard InChI is InChI=1S/C49H80O2S/c1-4-7-10-13-14-15-16-17-18-19-20-21-22-23-24-25-26-27-28-32-37-46-47(50-40-33-11-8-5-2)42-44(43-48(46)51-41-34-12-9-6-3)38-39-49(52)45-35-30-29-31-36-45/h29-31,35-36,38-39,42-43H,4-28,32-34,37,40-41H2,1-3H3. The lowest BCUT2D eigenvalue weighted by Gasteiger charge is -2.18. The van der Waals surface area contributed by atoms with E-state index in [2.05, 4.69) is 57.2 Å². The van der Waals surface area contributed by atoms with Crippen LogP contribution in [0.15, 0.2) is 48.5 Å². The first-order chi connectivity index (χ1) is 25.7. The van der Waals surface area contributed by atoms with Crippen LogP contribution in [0.25, 0.3) is 6.08 Å². The van der Waals surface area contributed by atoms with Gasteiger partial charge in [-0.3, -0.25) is 0 Å².